The topological polar surface area (TPSA) is 12.5 Å². The molecule has 1 aromatic carbocycles. The van der Waals surface area contributed by atoms with Gasteiger partial charge in [0.05, 0.1) is 18.3 Å². The van der Waals surface area contributed by atoms with Crippen LogP contribution in [0, 0.1) is 0 Å². The molecule has 0 aromatic heterocycles. The van der Waals surface area contributed by atoms with Gasteiger partial charge in [0.15, 0.2) is 0 Å². The lowest BCUT2D eigenvalue weighted by atomic mass is 10.2. The fourth-order valence-electron chi connectivity index (χ4n) is 1.76. The average Bonchev–Trinajstić information content (AvgIpc) is 2.70. The zero-order chi connectivity index (χ0) is 9.97. The zero-order valence-electron chi connectivity index (χ0n) is 8.24. The molecule has 1 heterocycles. The third-order valence-corrected chi connectivity index (χ3v) is 3.36. The maximum absolute atomic E-state index is 5.38. The molecule has 1 fully saturated rings. The largest absolute Gasteiger partial charge is 0.379 e. The summed E-state index contributed by atoms with van der Waals surface area (Å²) in [5.74, 6) is 0. The molecule has 0 aliphatic carbocycles. The maximum Gasteiger partial charge on any atom is 0.0670 e. The van der Waals surface area contributed by atoms with Gasteiger partial charge in [-0.05, 0) is 34.5 Å². The number of rotatable bonds is 2. The molecule has 1 saturated heterocycles. The highest BCUT2D eigenvalue weighted by molar-refractivity contribution is 9.10. The van der Waals surface area contributed by atoms with Gasteiger partial charge in [-0.25, -0.2) is 0 Å². The van der Waals surface area contributed by atoms with Crippen molar-refractivity contribution < 1.29 is 4.74 Å². The normalized spacial score (nSPS) is 21.1. The van der Waals surface area contributed by atoms with Gasteiger partial charge in [-0.1, -0.05) is 12.1 Å². The first kappa shape index (κ1) is 9.99. The minimum absolute atomic E-state index is 0.522. The van der Waals surface area contributed by atoms with Crippen LogP contribution in [0.3, 0.4) is 0 Å². The molecule has 76 valence electrons. The Bertz CT molecular complexity index is 310. The minimum atomic E-state index is 0.522. The summed E-state index contributed by atoms with van der Waals surface area (Å²) in [7, 11) is 2.12. The molecule has 0 bridgehead atoms. The van der Waals surface area contributed by atoms with Gasteiger partial charge in [0.1, 0.15) is 0 Å². The van der Waals surface area contributed by atoms with E-state index in [4.69, 9.17) is 4.74 Å². The number of para-hydroxylation sites is 1. The van der Waals surface area contributed by atoms with Gasteiger partial charge in [0, 0.05) is 18.1 Å². The quantitative estimate of drug-likeness (QED) is 0.806. The molecule has 2 rings (SSSR count). The second-order valence-electron chi connectivity index (χ2n) is 3.58. The SMILES string of the molecule is CN(c1ccccc1Br)C1CCOC1. The number of anilines is 1. The molecule has 0 radical (unpaired) electrons. The Kier molecular flexibility index (Phi) is 3.08. The summed E-state index contributed by atoms with van der Waals surface area (Å²) in [6.07, 6.45) is 1.12. The third kappa shape index (κ3) is 1.93. The first-order valence-electron chi connectivity index (χ1n) is 4.84. The standard InChI is InChI=1S/C11H14BrNO/c1-13(9-6-7-14-8-9)11-5-3-2-4-10(11)12/h2-5,9H,6-8H2,1H3. The van der Waals surface area contributed by atoms with Crippen LogP contribution in [0.1, 0.15) is 6.42 Å². The van der Waals surface area contributed by atoms with Gasteiger partial charge in [-0.2, -0.15) is 0 Å². The molecule has 1 aliphatic rings. The van der Waals surface area contributed by atoms with E-state index in [1.54, 1.807) is 0 Å². The lowest BCUT2D eigenvalue weighted by molar-refractivity contribution is 0.193. The number of ether oxygens (including phenoxy) is 1. The molecule has 1 atom stereocenters. The van der Waals surface area contributed by atoms with Crippen molar-refractivity contribution in [2.75, 3.05) is 25.2 Å². The van der Waals surface area contributed by atoms with Crippen LogP contribution in [-0.2, 0) is 4.74 Å². The van der Waals surface area contributed by atoms with E-state index >= 15 is 0 Å². The minimum Gasteiger partial charge on any atom is -0.379 e. The molecule has 1 aliphatic heterocycles. The summed E-state index contributed by atoms with van der Waals surface area (Å²) in [5, 5.41) is 0. The van der Waals surface area contributed by atoms with Gasteiger partial charge >= 0.3 is 0 Å². The molecule has 0 saturated carbocycles. The van der Waals surface area contributed by atoms with Gasteiger partial charge in [-0.3, -0.25) is 0 Å². The smallest absolute Gasteiger partial charge is 0.0670 e. The average molecular weight is 256 g/mol. The Hall–Kier alpha value is -0.540. The molecule has 3 heteroatoms. The van der Waals surface area contributed by atoms with Crippen LogP contribution in [0.15, 0.2) is 28.7 Å². The highest BCUT2D eigenvalue weighted by atomic mass is 79.9. The highest BCUT2D eigenvalue weighted by Gasteiger charge is 2.21. The summed E-state index contributed by atoms with van der Waals surface area (Å²) in [6, 6.07) is 8.82. The van der Waals surface area contributed by atoms with E-state index in [2.05, 4.69) is 46.1 Å². The summed E-state index contributed by atoms with van der Waals surface area (Å²) in [5.41, 5.74) is 1.24. The summed E-state index contributed by atoms with van der Waals surface area (Å²) in [4.78, 5) is 2.29. The molecule has 1 unspecified atom stereocenters. The maximum atomic E-state index is 5.38. The van der Waals surface area contributed by atoms with Crippen LogP contribution >= 0.6 is 15.9 Å². The number of halogens is 1. The Balaban J connectivity index is 2.17. The molecule has 1 aromatic rings. The fraction of sp³-hybridized carbons (Fsp3) is 0.455. The van der Waals surface area contributed by atoms with Crippen LogP contribution in [0.25, 0.3) is 0 Å². The lowest BCUT2D eigenvalue weighted by Crippen LogP contribution is -2.31. The Labute approximate surface area is 93.0 Å². The van der Waals surface area contributed by atoms with E-state index in [0.717, 1.165) is 24.1 Å². The van der Waals surface area contributed by atoms with Gasteiger partial charge < -0.3 is 9.64 Å². The Morgan fingerprint density at radius 2 is 2.21 bits per heavy atom. The Morgan fingerprint density at radius 3 is 2.86 bits per heavy atom. The van der Waals surface area contributed by atoms with Crippen molar-refractivity contribution in [3.05, 3.63) is 28.7 Å². The van der Waals surface area contributed by atoms with Crippen LogP contribution in [0.5, 0.6) is 0 Å². The molecular weight excluding hydrogens is 242 g/mol. The monoisotopic (exact) mass is 255 g/mol. The number of hydrogen-bond donors (Lipinski definition) is 0. The fourth-order valence-corrected chi connectivity index (χ4v) is 2.33. The Morgan fingerprint density at radius 1 is 1.43 bits per heavy atom. The molecule has 14 heavy (non-hydrogen) atoms. The van der Waals surface area contributed by atoms with Crippen molar-refractivity contribution in [1.82, 2.24) is 0 Å². The first-order chi connectivity index (χ1) is 6.79. The van der Waals surface area contributed by atoms with Crippen molar-refractivity contribution in [2.45, 2.75) is 12.5 Å². The van der Waals surface area contributed by atoms with Crippen molar-refractivity contribution in [1.29, 1.82) is 0 Å². The van der Waals surface area contributed by atoms with E-state index in [-0.39, 0.29) is 0 Å². The van der Waals surface area contributed by atoms with Crippen molar-refractivity contribution in [3.8, 4) is 0 Å². The molecular formula is C11H14BrNO. The van der Waals surface area contributed by atoms with Gasteiger partial charge in [0.25, 0.3) is 0 Å². The second-order valence-corrected chi connectivity index (χ2v) is 4.43. The van der Waals surface area contributed by atoms with Crippen LogP contribution in [-0.4, -0.2) is 26.3 Å². The summed E-state index contributed by atoms with van der Waals surface area (Å²) >= 11 is 3.56. The summed E-state index contributed by atoms with van der Waals surface area (Å²) < 4.78 is 6.53. The van der Waals surface area contributed by atoms with Crippen LogP contribution in [0.4, 0.5) is 5.69 Å². The number of nitrogens with zero attached hydrogens (tertiary/aromatic N) is 1. The molecule has 2 nitrogen and oxygen atoms in total. The van der Waals surface area contributed by atoms with Crippen molar-refractivity contribution >= 4 is 21.6 Å². The van der Waals surface area contributed by atoms with Gasteiger partial charge in [-0.15, -0.1) is 0 Å². The zero-order valence-corrected chi connectivity index (χ0v) is 9.83. The number of benzene rings is 1. The van der Waals surface area contributed by atoms with Crippen molar-refractivity contribution in [2.24, 2.45) is 0 Å². The van der Waals surface area contributed by atoms with Crippen LogP contribution in [0.2, 0.25) is 0 Å². The predicted octanol–water partition coefficient (Wildman–Crippen LogP) is 2.67. The van der Waals surface area contributed by atoms with Crippen LogP contribution < -0.4 is 4.90 Å². The van der Waals surface area contributed by atoms with E-state index in [1.165, 1.54) is 5.69 Å². The molecule has 0 N–H and O–H groups in total. The molecule has 0 amide bonds. The highest BCUT2D eigenvalue weighted by Crippen LogP contribution is 2.27. The van der Waals surface area contributed by atoms with E-state index in [1.807, 2.05) is 6.07 Å². The predicted molar refractivity (Wildman–Crippen MR) is 61.8 cm³/mol. The van der Waals surface area contributed by atoms with E-state index in [9.17, 15) is 0 Å². The number of hydrogen-bond acceptors (Lipinski definition) is 2. The van der Waals surface area contributed by atoms with Gasteiger partial charge in [0.2, 0.25) is 0 Å². The third-order valence-electron chi connectivity index (χ3n) is 2.69. The number of likely N-dealkylation sites (N-methyl/N-ethyl adjacent to an activating group) is 1. The molecule has 0 spiro atoms. The van der Waals surface area contributed by atoms with E-state index < -0.39 is 0 Å². The van der Waals surface area contributed by atoms with Crippen molar-refractivity contribution in [3.63, 3.8) is 0 Å². The van der Waals surface area contributed by atoms with E-state index in [0.29, 0.717) is 6.04 Å². The second kappa shape index (κ2) is 4.32. The summed E-state index contributed by atoms with van der Waals surface area (Å²) in [6.45, 7) is 1.73. The first-order valence-corrected chi connectivity index (χ1v) is 5.63. The lowest BCUT2D eigenvalue weighted by Gasteiger charge is -2.26.